The van der Waals surface area contributed by atoms with Crippen LogP contribution in [0, 0.1) is 0 Å². The lowest BCUT2D eigenvalue weighted by molar-refractivity contribution is 0.101. The summed E-state index contributed by atoms with van der Waals surface area (Å²) in [5.41, 5.74) is 7.20. The highest BCUT2D eigenvalue weighted by molar-refractivity contribution is 5.08. The van der Waals surface area contributed by atoms with E-state index in [-0.39, 0.29) is 6.04 Å². The average molecular weight is 236 g/mol. The van der Waals surface area contributed by atoms with Crippen LogP contribution in [0.2, 0.25) is 0 Å². The first kappa shape index (κ1) is 12.7. The van der Waals surface area contributed by atoms with E-state index < -0.39 is 0 Å². The van der Waals surface area contributed by atoms with Crippen LogP contribution in [0.1, 0.15) is 38.3 Å². The van der Waals surface area contributed by atoms with Crippen molar-refractivity contribution in [2.75, 3.05) is 6.61 Å². The number of hydrogen-bond donors (Lipinski definition) is 1. The van der Waals surface area contributed by atoms with Crippen LogP contribution in [0.15, 0.2) is 18.3 Å². The Hall–Kier alpha value is -0.800. The molecule has 0 saturated carbocycles. The standard InChI is InChI=1S/C14H24N2O/c1-12(15)11-13-5-2-8-16(13)9-3-6-14-7-4-10-17-14/h2,5,8,12,14H,3-4,6-7,9-11,15H2,1H3. The molecule has 1 fully saturated rings. The molecule has 0 aliphatic carbocycles. The third-order valence-electron chi connectivity index (χ3n) is 3.40. The summed E-state index contributed by atoms with van der Waals surface area (Å²) in [7, 11) is 0. The van der Waals surface area contributed by atoms with E-state index in [9.17, 15) is 0 Å². The number of rotatable bonds is 6. The van der Waals surface area contributed by atoms with Gasteiger partial charge in [-0.3, -0.25) is 0 Å². The van der Waals surface area contributed by atoms with Crippen molar-refractivity contribution in [2.45, 2.75) is 57.7 Å². The minimum absolute atomic E-state index is 0.238. The van der Waals surface area contributed by atoms with Crippen LogP contribution >= 0.6 is 0 Å². The minimum atomic E-state index is 0.238. The van der Waals surface area contributed by atoms with Crippen molar-refractivity contribution in [3.63, 3.8) is 0 Å². The lowest BCUT2D eigenvalue weighted by Gasteiger charge is -2.13. The summed E-state index contributed by atoms with van der Waals surface area (Å²) >= 11 is 0. The predicted octanol–water partition coefficient (Wildman–Crippen LogP) is 2.34. The van der Waals surface area contributed by atoms with E-state index in [1.807, 2.05) is 0 Å². The lowest BCUT2D eigenvalue weighted by atomic mass is 10.1. The van der Waals surface area contributed by atoms with Crippen LogP contribution in [-0.4, -0.2) is 23.3 Å². The first-order valence-electron chi connectivity index (χ1n) is 6.77. The molecule has 0 aromatic carbocycles. The van der Waals surface area contributed by atoms with Crippen LogP contribution in [0.4, 0.5) is 0 Å². The van der Waals surface area contributed by atoms with E-state index in [0.717, 1.165) is 19.6 Å². The van der Waals surface area contributed by atoms with E-state index >= 15 is 0 Å². The Morgan fingerprint density at radius 2 is 2.47 bits per heavy atom. The summed E-state index contributed by atoms with van der Waals surface area (Å²) in [5, 5.41) is 0. The number of hydrogen-bond acceptors (Lipinski definition) is 2. The Morgan fingerprint density at radius 1 is 1.59 bits per heavy atom. The molecule has 0 amide bonds. The SMILES string of the molecule is CC(N)Cc1cccn1CCCC1CCCO1. The van der Waals surface area contributed by atoms with Crippen LogP contribution in [0.5, 0.6) is 0 Å². The zero-order chi connectivity index (χ0) is 12.1. The highest BCUT2D eigenvalue weighted by atomic mass is 16.5. The Morgan fingerprint density at radius 3 is 3.18 bits per heavy atom. The van der Waals surface area contributed by atoms with Gasteiger partial charge in [0.05, 0.1) is 6.10 Å². The second-order valence-electron chi connectivity index (χ2n) is 5.15. The number of nitrogens with zero attached hydrogens (tertiary/aromatic N) is 1. The van der Waals surface area contributed by atoms with Gasteiger partial charge in [0.2, 0.25) is 0 Å². The summed E-state index contributed by atoms with van der Waals surface area (Å²) in [6.07, 6.45) is 8.52. The van der Waals surface area contributed by atoms with E-state index in [1.54, 1.807) is 0 Å². The molecular weight excluding hydrogens is 212 g/mol. The first-order valence-corrected chi connectivity index (χ1v) is 6.77. The van der Waals surface area contributed by atoms with Crippen molar-refractivity contribution in [3.05, 3.63) is 24.0 Å². The van der Waals surface area contributed by atoms with Gasteiger partial charge in [0.25, 0.3) is 0 Å². The third kappa shape index (κ3) is 3.86. The molecular formula is C14H24N2O. The van der Waals surface area contributed by atoms with E-state index in [4.69, 9.17) is 10.5 Å². The number of ether oxygens (including phenoxy) is 1. The van der Waals surface area contributed by atoms with Gasteiger partial charge >= 0.3 is 0 Å². The van der Waals surface area contributed by atoms with E-state index in [2.05, 4.69) is 29.8 Å². The summed E-state index contributed by atoms with van der Waals surface area (Å²) < 4.78 is 7.97. The fourth-order valence-corrected chi connectivity index (χ4v) is 2.54. The molecule has 0 spiro atoms. The molecule has 2 unspecified atom stereocenters. The molecule has 3 nitrogen and oxygen atoms in total. The zero-order valence-electron chi connectivity index (χ0n) is 10.8. The summed E-state index contributed by atoms with van der Waals surface area (Å²) in [4.78, 5) is 0. The molecule has 1 aromatic heterocycles. The zero-order valence-corrected chi connectivity index (χ0v) is 10.8. The molecule has 2 rings (SSSR count). The van der Waals surface area contributed by atoms with Gasteiger partial charge in [-0.15, -0.1) is 0 Å². The van der Waals surface area contributed by atoms with Gasteiger partial charge in [0.1, 0.15) is 0 Å². The van der Waals surface area contributed by atoms with Gasteiger partial charge in [-0.25, -0.2) is 0 Å². The first-order chi connectivity index (χ1) is 8.25. The quantitative estimate of drug-likeness (QED) is 0.823. The normalized spacial score (nSPS) is 21.9. The maximum Gasteiger partial charge on any atom is 0.0576 e. The summed E-state index contributed by atoms with van der Waals surface area (Å²) in [6, 6.07) is 4.53. The predicted molar refractivity (Wildman–Crippen MR) is 70.0 cm³/mol. The van der Waals surface area contributed by atoms with Gasteiger partial charge < -0.3 is 15.0 Å². The van der Waals surface area contributed by atoms with Gasteiger partial charge in [-0.2, -0.15) is 0 Å². The third-order valence-corrected chi connectivity index (χ3v) is 3.40. The second kappa shape index (κ2) is 6.22. The molecule has 96 valence electrons. The van der Waals surface area contributed by atoms with Crippen LogP contribution in [0.3, 0.4) is 0 Å². The van der Waals surface area contributed by atoms with Gasteiger partial charge in [0, 0.05) is 37.5 Å². The lowest BCUT2D eigenvalue weighted by Crippen LogP contribution is -2.20. The van der Waals surface area contributed by atoms with Crippen molar-refractivity contribution in [3.8, 4) is 0 Å². The average Bonchev–Trinajstić information content (AvgIpc) is 2.90. The molecule has 0 bridgehead atoms. The smallest absolute Gasteiger partial charge is 0.0576 e. The monoisotopic (exact) mass is 236 g/mol. The molecule has 3 heteroatoms. The van der Waals surface area contributed by atoms with Crippen LogP contribution < -0.4 is 5.73 Å². The number of aryl methyl sites for hydroxylation is 1. The molecule has 1 aliphatic heterocycles. The van der Waals surface area contributed by atoms with Gasteiger partial charge in [0.15, 0.2) is 0 Å². The molecule has 1 aromatic rings. The van der Waals surface area contributed by atoms with Crippen LogP contribution in [-0.2, 0) is 17.7 Å². The molecule has 2 heterocycles. The Kier molecular flexibility index (Phi) is 4.63. The maximum absolute atomic E-state index is 5.85. The van der Waals surface area contributed by atoms with E-state index in [1.165, 1.54) is 31.4 Å². The van der Waals surface area contributed by atoms with Crippen molar-refractivity contribution >= 4 is 0 Å². The van der Waals surface area contributed by atoms with Crippen molar-refractivity contribution < 1.29 is 4.74 Å². The largest absolute Gasteiger partial charge is 0.378 e. The Bertz CT molecular complexity index is 327. The molecule has 0 radical (unpaired) electrons. The van der Waals surface area contributed by atoms with Gasteiger partial charge in [-0.05, 0) is 44.7 Å². The van der Waals surface area contributed by atoms with Gasteiger partial charge in [-0.1, -0.05) is 0 Å². The Labute approximate surface area is 104 Å². The second-order valence-corrected chi connectivity index (χ2v) is 5.15. The van der Waals surface area contributed by atoms with Crippen molar-refractivity contribution in [1.29, 1.82) is 0 Å². The molecule has 1 saturated heterocycles. The van der Waals surface area contributed by atoms with Crippen molar-refractivity contribution in [1.82, 2.24) is 4.57 Å². The van der Waals surface area contributed by atoms with Crippen LogP contribution in [0.25, 0.3) is 0 Å². The highest BCUT2D eigenvalue weighted by Gasteiger charge is 2.14. The molecule has 1 aliphatic rings. The van der Waals surface area contributed by atoms with Crippen molar-refractivity contribution in [2.24, 2.45) is 5.73 Å². The molecule has 17 heavy (non-hydrogen) atoms. The summed E-state index contributed by atoms with van der Waals surface area (Å²) in [6.45, 7) is 4.11. The fourth-order valence-electron chi connectivity index (χ4n) is 2.54. The summed E-state index contributed by atoms with van der Waals surface area (Å²) in [5.74, 6) is 0. The number of nitrogens with two attached hydrogens (primary N) is 1. The topological polar surface area (TPSA) is 40.2 Å². The maximum atomic E-state index is 5.85. The molecule has 2 atom stereocenters. The Balaban J connectivity index is 1.75. The highest BCUT2D eigenvalue weighted by Crippen LogP contribution is 2.17. The molecule has 2 N–H and O–H groups in total. The number of aromatic nitrogens is 1. The van der Waals surface area contributed by atoms with E-state index in [0.29, 0.717) is 6.10 Å². The minimum Gasteiger partial charge on any atom is -0.378 e. The fraction of sp³-hybridized carbons (Fsp3) is 0.714.